The molecule has 5 heteroatoms. The van der Waals surface area contributed by atoms with Gasteiger partial charge in [0, 0.05) is 13.1 Å². The molecule has 0 saturated carbocycles. The number of hydrogen-bond donors (Lipinski definition) is 1. The minimum Gasteiger partial charge on any atom is -0.389 e. The first-order valence-electron chi connectivity index (χ1n) is 5.80. The number of nitrogens with zero attached hydrogens (tertiary/aromatic N) is 1. The van der Waals surface area contributed by atoms with Crippen molar-refractivity contribution in [1.29, 1.82) is 0 Å². The summed E-state index contributed by atoms with van der Waals surface area (Å²) in [4.78, 5) is 0.276. The summed E-state index contributed by atoms with van der Waals surface area (Å²) in [5.41, 5.74) is 0.630. The maximum atomic E-state index is 12.3. The molecular formula is C12H17NO3S. The smallest absolute Gasteiger partial charge is 0.243 e. The Morgan fingerprint density at radius 3 is 2.53 bits per heavy atom. The largest absolute Gasteiger partial charge is 0.389 e. The van der Waals surface area contributed by atoms with E-state index in [1.165, 1.54) is 4.31 Å². The van der Waals surface area contributed by atoms with Crippen molar-refractivity contribution in [2.45, 2.75) is 30.8 Å². The van der Waals surface area contributed by atoms with Crippen molar-refractivity contribution in [2.75, 3.05) is 13.1 Å². The fourth-order valence-electron chi connectivity index (χ4n) is 2.01. The minimum absolute atomic E-state index is 0.276. The van der Waals surface area contributed by atoms with Crippen LogP contribution >= 0.6 is 0 Å². The van der Waals surface area contributed by atoms with Crippen molar-refractivity contribution in [1.82, 2.24) is 4.31 Å². The van der Waals surface area contributed by atoms with Crippen molar-refractivity contribution in [3.63, 3.8) is 0 Å². The molecule has 1 N–H and O–H groups in total. The monoisotopic (exact) mass is 255 g/mol. The van der Waals surface area contributed by atoms with E-state index in [0.29, 0.717) is 18.7 Å². The van der Waals surface area contributed by atoms with Crippen LogP contribution in [-0.2, 0) is 10.0 Å². The third-order valence-electron chi connectivity index (χ3n) is 3.04. The lowest BCUT2D eigenvalue weighted by molar-refractivity contribution is 0.199. The average molecular weight is 255 g/mol. The zero-order valence-corrected chi connectivity index (χ0v) is 10.7. The molecule has 17 heavy (non-hydrogen) atoms. The normalized spacial score (nSPS) is 19.4. The van der Waals surface area contributed by atoms with E-state index < -0.39 is 16.1 Å². The number of aliphatic hydroxyl groups is 1. The summed E-state index contributed by atoms with van der Waals surface area (Å²) in [7, 11) is -3.37. The van der Waals surface area contributed by atoms with Crippen LogP contribution in [0.3, 0.4) is 0 Å². The number of aliphatic hydroxyl groups excluding tert-OH is 1. The Bertz CT molecular complexity index is 490. The highest BCUT2D eigenvalue weighted by atomic mass is 32.2. The molecule has 1 atom stereocenters. The van der Waals surface area contributed by atoms with E-state index in [4.69, 9.17) is 0 Å². The van der Waals surface area contributed by atoms with Crippen LogP contribution in [0.1, 0.15) is 31.4 Å². The maximum Gasteiger partial charge on any atom is 0.243 e. The van der Waals surface area contributed by atoms with E-state index in [0.717, 1.165) is 12.8 Å². The van der Waals surface area contributed by atoms with E-state index in [9.17, 15) is 13.5 Å². The molecule has 0 spiro atoms. The molecule has 4 nitrogen and oxygen atoms in total. The SMILES string of the molecule is CC(O)c1cccc(S(=O)(=O)N2CCCC2)c1. The minimum atomic E-state index is -3.37. The maximum absolute atomic E-state index is 12.3. The molecule has 0 amide bonds. The van der Waals surface area contributed by atoms with Crippen LogP contribution in [0.5, 0.6) is 0 Å². The predicted octanol–water partition coefficient (Wildman–Crippen LogP) is 1.52. The molecule has 1 aliphatic heterocycles. The number of benzene rings is 1. The lowest BCUT2D eigenvalue weighted by atomic mass is 10.1. The lowest BCUT2D eigenvalue weighted by Crippen LogP contribution is -2.27. The Morgan fingerprint density at radius 2 is 1.94 bits per heavy atom. The van der Waals surface area contributed by atoms with Crippen LogP contribution in [0.4, 0.5) is 0 Å². The van der Waals surface area contributed by atoms with Gasteiger partial charge in [-0.05, 0) is 37.5 Å². The van der Waals surface area contributed by atoms with Gasteiger partial charge in [-0.25, -0.2) is 8.42 Å². The first-order valence-corrected chi connectivity index (χ1v) is 7.24. The molecule has 2 rings (SSSR count). The van der Waals surface area contributed by atoms with Gasteiger partial charge in [-0.1, -0.05) is 12.1 Å². The van der Waals surface area contributed by atoms with Crippen LogP contribution in [0, 0.1) is 0 Å². The highest BCUT2D eigenvalue weighted by molar-refractivity contribution is 7.89. The van der Waals surface area contributed by atoms with Crippen molar-refractivity contribution in [3.05, 3.63) is 29.8 Å². The molecule has 1 heterocycles. The molecule has 0 aliphatic carbocycles. The van der Waals surface area contributed by atoms with Gasteiger partial charge in [0.25, 0.3) is 0 Å². The standard InChI is InChI=1S/C12H17NO3S/c1-10(14)11-5-4-6-12(9-11)17(15,16)13-7-2-3-8-13/h4-6,9-10,14H,2-3,7-8H2,1H3. The second-order valence-corrected chi connectivity index (χ2v) is 6.30. The number of rotatable bonds is 3. The van der Waals surface area contributed by atoms with Gasteiger partial charge in [-0.3, -0.25) is 0 Å². The van der Waals surface area contributed by atoms with E-state index >= 15 is 0 Å². The molecule has 1 aliphatic rings. The van der Waals surface area contributed by atoms with Gasteiger partial charge < -0.3 is 5.11 Å². The van der Waals surface area contributed by atoms with Crippen molar-refractivity contribution in [2.24, 2.45) is 0 Å². The second kappa shape index (κ2) is 4.76. The summed E-state index contributed by atoms with van der Waals surface area (Å²) in [6.07, 6.45) is 1.20. The summed E-state index contributed by atoms with van der Waals surface area (Å²) in [6, 6.07) is 6.54. The zero-order chi connectivity index (χ0) is 12.5. The summed E-state index contributed by atoms with van der Waals surface area (Å²) < 4.78 is 26.0. The van der Waals surface area contributed by atoms with Gasteiger partial charge >= 0.3 is 0 Å². The fourth-order valence-corrected chi connectivity index (χ4v) is 3.59. The van der Waals surface area contributed by atoms with E-state index in [1.54, 1.807) is 31.2 Å². The van der Waals surface area contributed by atoms with Crippen LogP contribution in [0.2, 0.25) is 0 Å². The van der Waals surface area contributed by atoms with Crippen molar-refractivity contribution in [3.8, 4) is 0 Å². The molecule has 0 radical (unpaired) electrons. The van der Waals surface area contributed by atoms with Gasteiger partial charge in [0.1, 0.15) is 0 Å². The molecule has 1 aromatic rings. The fraction of sp³-hybridized carbons (Fsp3) is 0.500. The molecule has 0 bridgehead atoms. The Hall–Kier alpha value is -0.910. The number of sulfonamides is 1. The van der Waals surface area contributed by atoms with E-state index in [1.807, 2.05) is 0 Å². The Labute approximate surface area is 102 Å². The van der Waals surface area contributed by atoms with E-state index in [2.05, 4.69) is 0 Å². The van der Waals surface area contributed by atoms with Crippen molar-refractivity contribution >= 4 is 10.0 Å². The van der Waals surface area contributed by atoms with Crippen molar-refractivity contribution < 1.29 is 13.5 Å². The van der Waals surface area contributed by atoms with Crippen LogP contribution < -0.4 is 0 Å². The number of hydrogen-bond acceptors (Lipinski definition) is 3. The van der Waals surface area contributed by atoms with Crippen LogP contribution in [0.25, 0.3) is 0 Å². The summed E-state index contributed by atoms with van der Waals surface area (Å²) in [6.45, 7) is 2.82. The van der Waals surface area contributed by atoms with Gasteiger partial charge in [0.05, 0.1) is 11.0 Å². The molecule has 1 saturated heterocycles. The molecular weight excluding hydrogens is 238 g/mol. The van der Waals surface area contributed by atoms with Crippen LogP contribution in [0.15, 0.2) is 29.2 Å². The third-order valence-corrected chi connectivity index (χ3v) is 4.94. The quantitative estimate of drug-likeness (QED) is 0.891. The summed E-state index contributed by atoms with van der Waals surface area (Å²) in [5, 5.41) is 9.47. The first kappa shape index (κ1) is 12.5. The molecule has 1 unspecified atom stereocenters. The van der Waals surface area contributed by atoms with Gasteiger partial charge in [0.2, 0.25) is 10.0 Å². The topological polar surface area (TPSA) is 57.6 Å². The molecule has 94 valence electrons. The Balaban J connectivity index is 2.35. The van der Waals surface area contributed by atoms with Gasteiger partial charge in [0.15, 0.2) is 0 Å². The summed E-state index contributed by atoms with van der Waals surface area (Å²) >= 11 is 0. The lowest BCUT2D eigenvalue weighted by Gasteiger charge is -2.16. The van der Waals surface area contributed by atoms with Crippen LogP contribution in [-0.4, -0.2) is 30.9 Å². The van der Waals surface area contributed by atoms with E-state index in [-0.39, 0.29) is 4.90 Å². The van der Waals surface area contributed by atoms with Gasteiger partial charge in [-0.2, -0.15) is 4.31 Å². The average Bonchev–Trinajstić information content (AvgIpc) is 2.83. The Kier molecular flexibility index (Phi) is 3.51. The zero-order valence-electron chi connectivity index (χ0n) is 9.83. The molecule has 1 fully saturated rings. The highest BCUT2D eigenvalue weighted by Crippen LogP contribution is 2.23. The highest BCUT2D eigenvalue weighted by Gasteiger charge is 2.27. The molecule has 1 aromatic carbocycles. The third kappa shape index (κ3) is 2.51. The Morgan fingerprint density at radius 1 is 1.29 bits per heavy atom. The summed E-state index contributed by atoms with van der Waals surface area (Å²) in [5.74, 6) is 0. The first-order chi connectivity index (χ1) is 8.01. The second-order valence-electron chi connectivity index (χ2n) is 4.36. The predicted molar refractivity (Wildman–Crippen MR) is 65.1 cm³/mol. The van der Waals surface area contributed by atoms with Gasteiger partial charge in [-0.15, -0.1) is 0 Å². The molecule has 0 aromatic heterocycles.